The normalized spacial score (nSPS) is 10.7. The van der Waals surface area contributed by atoms with Crippen LogP contribution in [0.5, 0.6) is 5.75 Å². The summed E-state index contributed by atoms with van der Waals surface area (Å²) in [5.41, 5.74) is 1.52. The van der Waals surface area contributed by atoms with E-state index in [0.717, 1.165) is 15.9 Å². The first-order chi connectivity index (χ1) is 13.4. The number of benzene rings is 1. The molecule has 28 heavy (non-hydrogen) atoms. The van der Waals surface area contributed by atoms with Crippen LogP contribution in [0.15, 0.2) is 41.2 Å². The monoisotopic (exact) mass is 401 g/mol. The average Bonchev–Trinajstić information content (AvgIpc) is 3.02. The summed E-state index contributed by atoms with van der Waals surface area (Å²) in [6.45, 7) is 4.15. The molecule has 2 heterocycles. The number of aryl methyl sites for hydroxylation is 2. The van der Waals surface area contributed by atoms with Gasteiger partial charge in [0.05, 0.1) is 12.8 Å². The van der Waals surface area contributed by atoms with E-state index in [1.165, 1.54) is 13.2 Å². The predicted molar refractivity (Wildman–Crippen MR) is 107 cm³/mol. The van der Waals surface area contributed by atoms with Crippen LogP contribution in [-0.4, -0.2) is 32.6 Å². The number of rotatable bonds is 6. The molecule has 0 saturated carbocycles. The number of amides is 1. The van der Waals surface area contributed by atoms with E-state index >= 15 is 0 Å². The summed E-state index contributed by atoms with van der Waals surface area (Å²) in [7, 11) is 1.46. The molecule has 8 nitrogen and oxygen atoms in total. The molecule has 1 aromatic carbocycles. The number of carbonyl (C=O) groups excluding carboxylic acids is 1. The zero-order valence-corrected chi connectivity index (χ0v) is 16.5. The smallest absolute Gasteiger partial charge is 0.270 e. The van der Waals surface area contributed by atoms with Gasteiger partial charge in [-0.1, -0.05) is 23.7 Å². The highest BCUT2D eigenvalue weighted by atomic mass is 35.5. The topological polar surface area (TPSA) is 91.0 Å². The second-order valence-electron chi connectivity index (χ2n) is 6.10. The van der Waals surface area contributed by atoms with Crippen molar-refractivity contribution in [3.63, 3.8) is 0 Å². The summed E-state index contributed by atoms with van der Waals surface area (Å²) in [5, 5.41) is 12.0. The molecule has 0 saturated heterocycles. The van der Waals surface area contributed by atoms with Crippen LogP contribution in [0.4, 0.5) is 5.82 Å². The Bertz CT molecular complexity index is 1060. The number of nitrogens with zero attached hydrogens (tertiary/aromatic N) is 4. The fourth-order valence-electron chi connectivity index (χ4n) is 2.76. The van der Waals surface area contributed by atoms with Crippen molar-refractivity contribution in [1.29, 1.82) is 0 Å². The fraction of sp³-hybridized carbons (Fsp3) is 0.263. The van der Waals surface area contributed by atoms with Crippen LogP contribution in [0.25, 0.3) is 11.3 Å². The lowest BCUT2D eigenvalue weighted by Crippen LogP contribution is -2.30. The Kier molecular flexibility index (Phi) is 5.79. The fourth-order valence-corrected chi connectivity index (χ4v) is 2.88. The molecule has 0 aliphatic carbocycles. The van der Waals surface area contributed by atoms with Crippen molar-refractivity contribution in [2.24, 2.45) is 0 Å². The summed E-state index contributed by atoms with van der Waals surface area (Å²) in [6.07, 6.45) is 0. The number of aromatic nitrogens is 4. The SMILES string of the molecule is CCn1nc(C)cc1NC(=O)Cn1nc(-c2ccc(Cl)cc2)c(OC)cc1=O. The predicted octanol–water partition coefficient (Wildman–Crippen LogP) is 2.74. The van der Waals surface area contributed by atoms with Crippen LogP contribution >= 0.6 is 11.6 Å². The highest BCUT2D eigenvalue weighted by molar-refractivity contribution is 6.30. The van der Waals surface area contributed by atoms with Gasteiger partial charge < -0.3 is 10.1 Å². The zero-order valence-electron chi connectivity index (χ0n) is 15.8. The van der Waals surface area contributed by atoms with Crippen LogP contribution in [0.3, 0.4) is 0 Å². The molecule has 0 aliphatic heterocycles. The molecule has 1 N–H and O–H groups in total. The molecule has 0 spiro atoms. The Balaban J connectivity index is 1.89. The first-order valence-corrected chi connectivity index (χ1v) is 9.05. The van der Waals surface area contributed by atoms with Gasteiger partial charge in [0, 0.05) is 29.3 Å². The second-order valence-corrected chi connectivity index (χ2v) is 6.54. The first-order valence-electron chi connectivity index (χ1n) is 8.67. The maximum absolute atomic E-state index is 12.5. The lowest BCUT2D eigenvalue weighted by molar-refractivity contribution is -0.117. The number of anilines is 1. The molecule has 0 unspecified atom stereocenters. The van der Waals surface area contributed by atoms with Gasteiger partial charge in [0.1, 0.15) is 18.1 Å². The molecule has 0 atom stereocenters. The third kappa shape index (κ3) is 4.23. The largest absolute Gasteiger partial charge is 0.494 e. The van der Waals surface area contributed by atoms with E-state index in [4.69, 9.17) is 16.3 Å². The van der Waals surface area contributed by atoms with Crippen molar-refractivity contribution >= 4 is 23.3 Å². The van der Waals surface area contributed by atoms with E-state index in [0.29, 0.717) is 28.8 Å². The molecule has 3 rings (SSSR count). The molecule has 9 heteroatoms. The van der Waals surface area contributed by atoms with Crippen molar-refractivity contribution in [3.05, 3.63) is 57.5 Å². The van der Waals surface area contributed by atoms with Gasteiger partial charge in [-0.15, -0.1) is 0 Å². The molecule has 0 radical (unpaired) electrons. The Morgan fingerprint density at radius 2 is 1.89 bits per heavy atom. The molecular weight excluding hydrogens is 382 g/mol. The van der Waals surface area contributed by atoms with E-state index in [2.05, 4.69) is 15.5 Å². The first kappa shape index (κ1) is 19.6. The van der Waals surface area contributed by atoms with Crippen LogP contribution in [0, 0.1) is 6.92 Å². The van der Waals surface area contributed by atoms with Gasteiger partial charge in [-0.25, -0.2) is 9.36 Å². The molecular formula is C19H20ClN5O3. The number of ether oxygens (including phenoxy) is 1. The average molecular weight is 402 g/mol. The number of hydrogen-bond donors (Lipinski definition) is 1. The molecule has 1 amide bonds. The lowest BCUT2D eigenvalue weighted by Gasteiger charge is -2.12. The van der Waals surface area contributed by atoms with Gasteiger partial charge in [0.15, 0.2) is 5.75 Å². The van der Waals surface area contributed by atoms with Crippen LogP contribution in [-0.2, 0) is 17.9 Å². The molecule has 0 fully saturated rings. The van der Waals surface area contributed by atoms with Gasteiger partial charge >= 0.3 is 0 Å². The van der Waals surface area contributed by atoms with Gasteiger partial charge in [0.25, 0.3) is 5.56 Å². The zero-order chi connectivity index (χ0) is 20.3. The van der Waals surface area contributed by atoms with Crippen molar-refractivity contribution in [1.82, 2.24) is 19.6 Å². The third-order valence-corrected chi connectivity index (χ3v) is 4.32. The van der Waals surface area contributed by atoms with Crippen molar-refractivity contribution in [2.75, 3.05) is 12.4 Å². The summed E-state index contributed by atoms with van der Waals surface area (Å²) in [5.74, 6) is 0.518. The standard InChI is InChI=1S/C19H20ClN5O3/c1-4-24-16(9-12(2)22-24)21-17(26)11-25-18(27)10-15(28-3)19(23-25)13-5-7-14(20)8-6-13/h5-10H,4,11H2,1-3H3,(H,21,26). The number of methoxy groups -OCH3 is 1. The molecule has 2 aromatic heterocycles. The molecule has 0 aliphatic rings. The summed E-state index contributed by atoms with van der Waals surface area (Å²) in [4.78, 5) is 24.8. The van der Waals surface area contributed by atoms with Crippen LogP contribution in [0.2, 0.25) is 5.02 Å². The second kappa shape index (κ2) is 8.26. The van der Waals surface area contributed by atoms with E-state index in [9.17, 15) is 9.59 Å². The van der Waals surface area contributed by atoms with E-state index in [1.54, 1.807) is 35.0 Å². The minimum absolute atomic E-state index is 0.239. The maximum atomic E-state index is 12.5. The Labute approximate surface area is 166 Å². The van der Waals surface area contributed by atoms with E-state index < -0.39 is 5.56 Å². The summed E-state index contributed by atoms with van der Waals surface area (Å²) in [6, 6.07) is 10.0. The van der Waals surface area contributed by atoms with Crippen LogP contribution < -0.4 is 15.6 Å². The van der Waals surface area contributed by atoms with Crippen LogP contribution in [0.1, 0.15) is 12.6 Å². The molecule has 0 bridgehead atoms. The van der Waals surface area contributed by atoms with Gasteiger partial charge in [-0.05, 0) is 26.0 Å². The molecule has 146 valence electrons. The number of halogens is 1. The number of nitrogens with one attached hydrogen (secondary N) is 1. The number of carbonyl (C=O) groups is 1. The van der Waals surface area contributed by atoms with Gasteiger partial charge in [0.2, 0.25) is 5.91 Å². The highest BCUT2D eigenvalue weighted by Crippen LogP contribution is 2.27. The summed E-state index contributed by atoms with van der Waals surface area (Å²) >= 11 is 5.93. The third-order valence-electron chi connectivity index (χ3n) is 4.06. The lowest BCUT2D eigenvalue weighted by atomic mass is 10.1. The van der Waals surface area contributed by atoms with Crippen molar-refractivity contribution in [2.45, 2.75) is 26.9 Å². The van der Waals surface area contributed by atoms with Crippen molar-refractivity contribution < 1.29 is 9.53 Å². The van der Waals surface area contributed by atoms with Gasteiger partial charge in [-0.2, -0.15) is 10.2 Å². The molecule has 3 aromatic rings. The van der Waals surface area contributed by atoms with E-state index in [1.807, 2.05) is 13.8 Å². The van der Waals surface area contributed by atoms with E-state index in [-0.39, 0.29) is 12.5 Å². The quantitative estimate of drug-likeness (QED) is 0.685. The minimum atomic E-state index is -0.440. The highest BCUT2D eigenvalue weighted by Gasteiger charge is 2.15. The van der Waals surface area contributed by atoms with Gasteiger partial charge in [-0.3, -0.25) is 9.59 Å². The summed E-state index contributed by atoms with van der Waals surface area (Å²) < 4.78 is 8.05. The Hall–Kier alpha value is -3.13. The number of hydrogen-bond acceptors (Lipinski definition) is 5. The maximum Gasteiger partial charge on any atom is 0.270 e. The Morgan fingerprint density at radius 3 is 2.54 bits per heavy atom. The van der Waals surface area contributed by atoms with Crippen molar-refractivity contribution in [3.8, 4) is 17.0 Å². The minimum Gasteiger partial charge on any atom is -0.494 e. The Morgan fingerprint density at radius 1 is 1.18 bits per heavy atom.